The molecule has 0 bridgehead atoms. The molecule has 0 radical (unpaired) electrons. The summed E-state index contributed by atoms with van der Waals surface area (Å²) in [7, 11) is 0. The molecule has 1 fully saturated rings. The number of carbonyl (C=O) groups excluding carboxylic acids is 1. The Morgan fingerprint density at radius 3 is 2.96 bits per heavy atom. The second-order valence-corrected chi connectivity index (χ2v) is 5.63. The summed E-state index contributed by atoms with van der Waals surface area (Å²) in [4.78, 5) is 12.0. The molecule has 1 aliphatic rings. The number of H-pyrrole nitrogens is 1. The smallest absolute Gasteiger partial charge is 0.416 e. The van der Waals surface area contributed by atoms with Crippen molar-refractivity contribution in [2.75, 3.05) is 13.2 Å². The maximum Gasteiger partial charge on any atom is 0.416 e. The van der Waals surface area contributed by atoms with E-state index in [1.54, 1.807) is 0 Å². The number of nitrogens with one attached hydrogen (secondary N) is 2. The number of carbonyl (C=O) groups is 1. The van der Waals surface area contributed by atoms with Gasteiger partial charge in [-0.05, 0) is 30.7 Å². The first-order chi connectivity index (χ1) is 11.9. The number of alkyl halides is 3. The van der Waals surface area contributed by atoms with Crippen molar-refractivity contribution >= 4 is 5.91 Å². The van der Waals surface area contributed by atoms with Crippen molar-refractivity contribution in [3.63, 3.8) is 0 Å². The zero-order valence-electron chi connectivity index (χ0n) is 13.1. The van der Waals surface area contributed by atoms with Crippen molar-refractivity contribution in [1.29, 1.82) is 0 Å². The Bertz CT molecular complexity index is 739. The molecule has 2 heterocycles. The van der Waals surface area contributed by atoms with E-state index in [1.807, 2.05) is 0 Å². The number of nitrogens with zero attached hydrogens (tertiary/aromatic N) is 1. The van der Waals surface area contributed by atoms with Crippen LogP contribution in [0.25, 0.3) is 0 Å². The zero-order valence-corrected chi connectivity index (χ0v) is 13.1. The van der Waals surface area contributed by atoms with E-state index in [0.29, 0.717) is 18.9 Å². The SMILES string of the molecule is O=C(NC1CCOC1)c1cc(COc2cccc(C(F)(F)F)c2)[nH]n1. The topological polar surface area (TPSA) is 76.2 Å². The number of aromatic nitrogens is 2. The summed E-state index contributed by atoms with van der Waals surface area (Å²) in [6.07, 6.45) is -3.68. The molecule has 1 unspecified atom stereocenters. The lowest BCUT2D eigenvalue weighted by atomic mass is 10.2. The molecule has 9 heteroatoms. The fourth-order valence-electron chi connectivity index (χ4n) is 2.38. The van der Waals surface area contributed by atoms with Crippen LogP contribution in [0, 0.1) is 0 Å². The van der Waals surface area contributed by atoms with Crippen LogP contribution < -0.4 is 10.1 Å². The van der Waals surface area contributed by atoms with Crippen molar-refractivity contribution in [3.05, 3.63) is 47.3 Å². The summed E-state index contributed by atoms with van der Waals surface area (Å²) in [5.74, 6) is -0.254. The maximum atomic E-state index is 12.7. The molecule has 1 aromatic heterocycles. The van der Waals surface area contributed by atoms with Gasteiger partial charge < -0.3 is 14.8 Å². The first-order valence-electron chi connectivity index (χ1n) is 7.65. The van der Waals surface area contributed by atoms with Crippen LogP contribution in [-0.2, 0) is 17.5 Å². The van der Waals surface area contributed by atoms with Crippen molar-refractivity contribution in [3.8, 4) is 5.75 Å². The first-order valence-corrected chi connectivity index (χ1v) is 7.65. The normalized spacial score (nSPS) is 17.5. The van der Waals surface area contributed by atoms with E-state index < -0.39 is 11.7 Å². The number of ether oxygens (including phenoxy) is 2. The molecule has 6 nitrogen and oxygen atoms in total. The molecule has 1 amide bonds. The molecule has 2 N–H and O–H groups in total. The van der Waals surface area contributed by atoms with Gasteiger partial charge in [0, 0.05) is 6.61 Å². The molecule has 25 heavy (non-hydrogen) atoms. The zero-order chi connectivity index (χ0) is 17.9. The van der Waals surface area contributed by atoms with Gasteiger partial charge in [0.1, 0.15) is 18.1 Å². The highest BCUT2D eigenvalue weighted by atomic mass is 19.4. The summed E-state index contributed by atoms with van der Waals surface area (Å²) in [5.41, 5.74) is -0.117. The maximum absolute atomic E-state index is 12.7. The van der Waals surface area contributed by atoms with Gasteiger partial charge in [-0.1, -0.05) is 6.07 Å². The Morgan fingerprint density at radius 2 is 2.24 bits per heavy atom. The predicted octanol–water partition coefficient (Wildman–Crippen LogP) is 2.53. The summed E-state index contributed by atoms with van der Waals surface area (Å²) in [6, 6.07) is 6.06. The van der Waals surface area contributed by atoms with Gasteiger partial charge in [-0.15, -0.1) is 0 Å². The largest absolute Gasteiger partial charge is 0.487 e. The average molecular weight is 355 g/mol. The summed E-state index contributed by atoms with van der Waals surface area (Å²) in [6.45, 7) is 1.05. The number of hydrogen-bond acceptors (Lipinski definition) is 4. The minimum absolute atomic E-state index is 0.0333. The summed E-state index contributed by atoms with van der Waals surface area (Å²) >= 11 is 0. The molecule has 1 atom stereocenters. The van der Waals surface area contributed by atoms with E-state index in [0.717, 1.165) is 18.6 Å². The Hall–Kier alpha value is -2.55. The summed E-state index contributed by atoms with van der Waals surface area (Å²) in [5, 5.41) is 9.32. The van der Waals surface area contributed by atoms with Gasteiger partial charge in [0.05, 0.1) is 23.9 Å². The van der Waals surface area contributed by atoms with Crippen molar-refractivity contribution in [1.82, 2.24) is 15.5 Å². The second-order valence-electron chi connectivity index (χ2n) is 5.63. The number of rotatable bonds is 5. The van der Waals surface area contributed by atoms with Gasteiger partial charge in [-0.2, -0.15) is 18.3 Å². The Morgan fingerprint density at radius 1 is 1.40 bits per heavy atom. The van der Waals surface area contributed by atoms with E-state index in [9.17, 15) is 18.0 Å². The molecule has 0 aliphatic carbocycles. The molecule has 2 aromatic rings. The van der Waals surface area contributed by atoms with Crippen LogP contribution in [0.1, 0.15) is 28.2 Å². The molecular formula is C16H16F3N3O3. The van der Waals surface area contributed by atoms with E-state index in [-0.39, 0.29) is 30.0 Å². The van der Waals surface area contributed by atoms with Crippen LogP contribution in [-0.4, -0.2) is 35.4 Å². The van der Waals surface area contributed by atoms with Gasteiger partial charge in [0.15, 0.2) is 0 Å². The monoisotopic (exact) mass is 355 g/mol. The van der Waals surface area contributed by atoms with Gasteiger partial charge in [-0.25, -0.2) is 0 Å². The van der Waals surface area contributed by atoms with Crippen LogP contribution in [0.4, 0.5) is 13.2 Å². The number of amides is 1. The van der Waals surface area contributed by atoms with E-state index in [4.69, 9.17) is 9.47 Å². The van der Waals surface area contributed by atoms with Crippen LogP contribution in [0.15, 0.2) is 30.3 Å². The molecule has 1 aromatic carbocycles. The number of halogens is 3. The van der Waals surface area contributed by atoms with Gasteiger partial charge in [0.2, 0.25) is 0 Å². The number of aromatic amines is 1. The summed E-state index contributed by atoms with van der Waals surface area (Å²) < 4.78 is 48.5. The molecule has 0 spiro atoms. The van der Waals surface area contributed by atoms with Gasteiger partial charge >= 0.3 is 6.18 Å². The Labute approximate surface area is 141 Å². The quantitative estimate of drug-likeness (QED) is 0.864. The fourth-order valence-corrected chi connectivity index (χ4v) is 2.38. The minimum Gasteiger partial charge on any atom is -0.487 e. The second kappa shape index (κ2) is 7.14. The Balaban J connectivity index is 1.57. The highest BCUT2D eigenvalue weighted by Crippen LogP contribution is 2.31. The molecule has 0 saturated carbocycles. The third-order valence-electron chi connectivity index (χ3n) is 3.68. The van der Waals surface area contributed by atoms with E-state index >= 15 is 0 Å². The Kier molecular flexibility index (Phi) is 4.93. The average Bonchev–Trinajstić information content (AvgIpc) is 3.24. The fraction of sp³-hybridized carbons (Fsp3) is 0.375. The predicted molar refractivity (Wildman–Crippen MR) is 81.1 cm³/mol. The standard InChI is InChI=1S/C16H16F3N3O3/c17-16(18,19)10-2-1-3-13(6-10)25-9-12-7-14(22-21-12)15(23)20-11-4-5-24-8-11/h1-3,6-7,11H,4-5,8-9H2,(H,20,23)(H,21,22). The van der Waals surface area contributed by atoms with Crippen molar-refractivity contribution in [2.45, 2.75) is 25.2 Å². The minimum atomic E-state index is -4.43. The van der Waals surface area contributed by atoms with Crippen LogP contribution in [0.2, 0.25) is 0 Å². The van der Waals surface area contributed by atoms with Gasteiger partial charge in [-0.3, -0.25) is 9.89 Å². The van der Waals surface area contributed by atoms with Gasteiger partial charge in [0.25, 0.3) is 5.91 Å². The third kappa shape index (κ3) is 4.50. The van der Waals surface area contributed by atoms with Crippen molar-refractivity contribution < 1.29 is 27.4 Å². The third-order valence-corrected chi connectivity index (χ3v) is 3.68. The van der Waals surface area contributed by atoms with Crippen LogP contribution in [0.5, 0.6) is 5.75 Å². The molecule has 3 rings (SSSR count). The first kappa shape index (κ1) is 17.3. The highest BCUT2D eigenvalue weighted by molar-refractivity contribution is 5.92. The lowest BCUT2D eigenvalue weighted by Gasteiger charge is -2.09. The number of hydrogen-bond donors (Lipinski definition) is 2. The lowest BCUT2D eigenvalue weighted by Crippen LogP contribution is -2.35. The van der Waals surface area contributed by atoms with Crippen LogP contribution in [0.3, 0.4) is 0 Å². The lowest BCUT2D eigenvalue weighted by molar-refractivity contribution is -0.137. The number of benzene rings is 1. The molecular weight excluding hydrogens is 339 g/mol. The van der Waals surface area contributed by atoms with E-state index in [2.05, 4.69) is 15.5 Å². The van der Waals surface area contributed by atoms with Crippen LogP contribution >= 0.6 is 0 Å². The molecule has 134 valence electrons. The van der Waals surface area contributed by atoms with Crippen molar-refractivity contribution in [2.24, 2.45) is 0 Å². The molecule has 1 aliphatic heterocycles. The molecule has 1 saturated heterocycles. The highest BCUT2D eigenvalue weighted by Gasteiger charge is 2.30. The van der Waals surface area contributed by atoms with E-state index in [1.165, 1.54) is 18.2 Å².